The second kappa shape index (κ2) is 5.41. The number of thiophene rings is 1. The lowest BCUT2D eigenvalue weighted by molar-refractivity contribution is 0.145. The molecule has 0 spiro atoms. The van der Waals surface area contributed by atoms with Crippen molar-refractivity contribution < 1.29 is 8.78 Å². The molecule has 0 aliphatic carbocycles. The Hall–Kier alpha value is -0.480. The summed E-state index contributed by atoms with van der Waals surface area (Å²) in [5.74, 6) is 0.463. The first-order chi connectivity index (χ1) is 6.61. The zero-order valence-electron chi connectivity index (χ0n) is 8.39. The summed E-state index contributed by atoms with van der Waals surface area (Å²) in [6, 6.07) is 0. The maximum Gasteiger partial charge on any atom is 0.250 e. The molecule has 0 bridgehead atoms. The molecule has 0 saturated heterocycles. The average Bonchev–Trinajstić information content (AvgIpc) is 2.51. The molecule has 4 heteroatoms. The van der Waals surface area contributed by atoms with E-state index in [0.29, 0.717) is 12.5 Å². The fourth-order valence-electron chi connectivity index (χ4n) is 1.30. The van der Waals surface area contributed by atoms with Crippen LogP contribution in [0.15, 0.2) is 10.8 Å². The van der Waals surface area contributed by atoms with Crippen molar-refractivity contribution in [3.8, 4) is 0 Å². The van der Waals surface area contributed by atoms with E-state index in [1.54, 1.807) is 11.3 Å². The Morgan fingerprint density at radius 2 is 2.07 bits per heavy atom. The summed E-state index contributed by atoms with van der Waals surface area (Å²) < 4.78 is 23.7. The maximum atomic E-state index is 11.9. The van der Waals surface area contributed by atoms with Crippen LogP contribution in [-0.2, 0) is 6.54 Å². The van der Waals surface area contributed by atoms with Crippen LogP contribution in [-0.4, -0.2) is 13.0 Å². The predicted molar refractivity (Wildman–Crippen MR) is 56.1 cm³/mol. The fraction of sp³-hybridized carbons (Fsp3) is 0.600. The lowest BCUT2D eigenvalue weighted by atomic mass is 10.0. The molecule has 80 valence electrons. The van der Waals surface area contributed by atoms with Gasteiger partial charge in [0.15, 0.2) is 0 Å². The number of alkyl halides is 2. The van der Waals surface area contributed by atoms with Crippen molar-refractivity contribution in [2.45, 2.75) is 32.7 Å². The third-order valence-electron chi connectivity index (χ3n) is 2.01. The Labute approximate surface area is 87.1 Å². The molecule has 0 amide bonds. The van der Waals surface area contributed by atoms with Crippen molar-refractivity contribution >= 4 is 11.3 Å². The van der Waals surface area contributed by atoms with Gasteiger partial charge in [0, 0.05) is 6.54 Å². The number of hydrogen-bond donors (Lipinski definition) is 1. The highest BCUT2D eigenvalue weighted by molar-refractivity contribution is 7.08. The number of nitrogens with one attached hydrogen (secondary N) is 1. The van der Waals surface area contributed by atoms with E-state index in [1.165, 1.54) is 5.56 Å². The van der Waals surface area contributed by atoms with Gasteiger partial charge in [-0.15, -0.1) is 0 Å². The highest BCUT2D eigenvalue weighted by Gasteiger charge is 2.08. The third kappa shape index (κ3) is 3.35. The molecule has 1 N–H and O–H groups in total. The number of rotatable bonds is 5. The standard InChI is InChI=1S/C10H15F2NS/c1-7(2)9-6-14-5-8(9)3-13-4-10(11)12/h5-7,10,13H,3-4H2,1-2H3. The minimum atomic E-state index is -2.27. The van der Waals surface area contributed by atoms with Crippen LogP contribution in [0, 0.1) is 0 Å². The van der Waals surface area contributed by atoms with Gasteiger partial charge in [0.2, 0.25) is 0 Å². The van der Waals surface area contributed by atoms with Gasteiger partial charge in [-0.3, -0.25) is 0 Å². The van der Waals surface area contributed by atoms with Gasteiger partial charge in [-0.1, -0.05) is 13.8 Å². The highest BCUT2D eigenvalue weighted by Crippen LogP contribution is 2.23. The molecule has 1 heterocycles. The molecular weight excluding hydrogens is 204 g/mol. The van der Waals surface area contributed by atoms with Crippen molar-refractivity contribution in [2.24, 2.45) is 0 Å². The van der Waals surface area contributed by atoms with Gasteiger partial charge in [-0.05, 0) is 27.8 Å². The molecule has 0 atom stereocenters. The van der Waals surface area contributed by atoms with Crippen LogP contribution in [0.1, 0.15) is 30.9 Å². The van der Waals surface area contributed by atoms with E-state index in [4.69, 9.17) is 0 Å². The molecule has 1 rings (SSSR count). The predicted octanol–water partition coefficient (Wildman–Crippen LogP) is 3.23. The van der Waals surface area contributed by atoms with Crippen molar-refractivity contribution in [2.75, 3.05) is 6.54 Å². The van der Waals surface area contributed by atoms with Crippen LogP contribution in [0.25, 0.3) is 0 Å². The van der Waals surface area contributed by atoms with Crippen molar-refractivity contribution in [1.82, 2.24) is 5.32 Å². The summed E-state index contributed by atoms with van der Waals surface area (Å²) in [6.45, 7) is 4.53. The molecule has 0 fully saturated rings. The molecule has 1 aromatic rings. The monoisotopic (exact) mass is 219 g/mol. The molecule has 0 radical (unpaired) electrons. The van der Waals surface area contributed by atoms with E-state index in [1.807, 2.05) is 5.38 Å². The summed E-state index contributed by atoms with van der Waals surface area (Å²) in [7, 11) is 0. The summed E-state index contributed by atoms with van der Waals surface area (Å²) >= 11 is 1.63. The second-order valence-corrected chi connectivity index (χ2v) is 4.27. The smallest absolute Gasteiger partial charge is 0.250 e. The van der Waals surface area contributed by atoms with Gasteiger partial charge in [0.25, 0.3) is 6.43 Å². The van der Waals surface area contributed by atoms with E-state index < -0.39 is 6.43 Å². The first-order valence-corrected chi connectivity index (χ1v) is 5.59. The van der Waals surface area contributed by atoms with E-state index in [2.05, 4.69) is 24.5 Å². The molecular formula is C10H15F2NS. The summed E-state index contributed by atoms with van der Waals surface area (Å²) in [5, 5.41) is 6.85. The Morgan fingerprint density at radius 3 is 2.64 bits per heavy atom. The van der Waals surface area contributed by atoms with Gasteiger partial charge in [-0.25, -0.2) is 8.78 Å². The topological polar surface area (TPSA) is 12.0 Å². The van der Waals surface area contributed by atoms with Crippen LogP contribution < -0.4 is 5.32 Å². The lowest BCUT2D eigenvalue weighted by Crippen LogP contribution is -2.20. The van der Waals surface area contributed by atoms with Crippen molar-refractivity contribution in [3.05, 3.63) is 21.9 Å². The van der Waals surface area contributed by atoms with Crippen LogP contribution in [0.5, 0.6) is 0 Å². The van der Waals surface area contributed by atoms with E-state index in [-0.39, 0.29) is 6.54 Å². The molecule has 0 aliphatic rings. The fourth-order valence-corrected chi connectivity index (χ4v) is 2.32. The zero-order valence-corrected chi connectivity index (χ0v) is 9.20. The Bertz CT molecular complexity index is 271. The molecule has 0 unspecified atom stereocenters. The highest BCUT2D eigenvalue weighted by atomic mass is 32.1. The van der Waals surface area contributed by atoms with Gasteiger partial charge < -0.3 is 5.32 Å². The second-order valence-electron chi connectivity index (χ2n) is 3.53. The molecule has 0 saturated carbocycles. The molecule has 14 heavy (non-hydrogen) atoms. The van der Waals surface area contributed by atoms with Gasteiger partial charge in [-0.2, -0.15) is 11.3 Å². The first kappa shape index (κ1) is 11.6. The summed E-state index contributed by atoms with van der Waals surface area (Å²) in [6.07, 6.45) is -2.27. The summed E-state index contributed by atoms with van der Waals surface area (Å²) in [4.78, 5) is 0. The van der Waals surface area contributed by atoms with Gasteiger partial charge in [0.05, 0.1) is 6.54 Å². The minimum absolute atomic E-state index is 0.229. The minimum Gasteiger partial charge on any atom is -0.307 e. The third-order valence-corrected chi connectivity index (χ3v) is 2.82. The number of halogens is 2. The Kier molecular flexibility index (Phi) is 4.48. The average molecular weight is 219 g/mol. The normalized spacial score (nSPS) is 11.6. The maximum absolute atomic E-state index is 11.9. The van der Waals surface area contributed by atoms with E-state index in [9.17, 15) is 8.78 Å². The Balaban J connectivity index is 2.46. The van der Waals surface area contributed by atoms with Gasteiger partial charge in [0.1, 0.15) is 0 Å². The largest absolute Gasteiger partial charge is 0.307 e. The first-order valence-electron chi connectivity index (χ1n) is 4.65. The zero-order chi connectivity index (χ0) is 10.6. The molecule has 0 aromatic carbocycles. The van der Waals surface area contributed by atoms with Crippen LogP contribution in [0.2, 0.25) is 0 Å². The molecule has 1 aromatic heterocycles. The quantitative estimate of drug-likeness (QED) is 0.801. The van der Waals surface area contributed by atoms with Crippen molar-refractivity contribution in [1.29, 1.82) is 0 Å². The summed E-state index contributed by atoms with van der Waals surface area (Å²) in [5.41, 5.74) is 2.41. The van der Waals surface area contributed by atoms with Gasteiger partial charge >= 0.3 is 0 Å². The van der Waals surface area contributed by atoms with E-state index in [0.717, 1.165) is 5.56 Å². The van der Waals surface area contributed by atoms with E-state index >= 15 is 0 Å². The number of hydrogen-bond acceptors (Lipinski definition) is 2. The van der Waals surface area contributed by atoms with Crippen molar-refractivity contribution in [3.63, 3.8) is 0 Å². The Morgan fingerprint density at radius 1 is 1.36 bits per heavy atom. The molecule has 1 nitrogen and oxygen atoms in total. The SMILES string of the molecule is CC(C)c1cscc1CNCC(F)F. The lowest BCUT2D eigenvalue weighted by Gasteiger charge is -2.08. The van der Waals surface area contributed by atoms with Crippen LogP contribution in [0.3, 0.4) is 0 Å². The van der Waals surface area contributed by atoms with Crippen LogP contribution in [0.4, 0.5) is 8.78 Å². The van der Waals surface area contributed by atoms with Crippen LogP contribution >= 0.6 is 11.3 Å². The molecule has 0 aliphatic heterocycles.